The molecule has 0 aliphatic carbocycles. The van der Waals surface area contributed by atoms with Crippen LogP contribution in [0.1, 0.15) is 57.3 Å². The van der Waals surface area contributed by atoms with Gasteiger partial charge in [0.15, 0.2) is 0 Å². The predicted molar refractivity (Wildman–Crippen MR) is 68.7 cm³/mol. The maximum atomic E-state index is 4.64. The Hall–Kier alpha value is -0.900. The number of aromatic nitrogens is 2. The quantitative estimate of drug-likeness (QED) is 0.673. The summed E-state index contributed by atoms with van der Waals surface area (Å²) in [5.74, 6) is 0.843. The van der Waals surface area contributed by atoms with Crippen LogP contribution in [0.25, 0.3) is 0 Å². The minimum absolute atomic E-state index is 0.765. The normalized spacial score (nSPS) is 11.3. The van der Waals surface area contributed by atoms with Gasteiger partial charge in [-0.25, -0.2) is 4.63 Å². The third kappa shape index (κ3) is 6.41. The molecule has 0 unspecified atom stereocenters. The average Bonchev–Trinajstić information content (AvgIpc) is 2.68. The van der Waals surface area contributed by atoms with Crippen LogP contribution in [-0.2, 0) is 6.54 Å². The minimum Gasteiger partial charge on any atom is -0.311 e. The lowest BCUT2D eigenvalue weighted by Gasteiger charge is -2.05. The molecule has 0 spiro atoms. The van der Waals surface area contributed by atoms with Crippen LogP contribution in [0.5, 0.6) is 0 Å². The highest BCUT2D eigenvalue weighted by atomic mass is 16.6. The van der Waals surface area contributed by atoms with Gasteiger partial charge < -0.3 is 5.32 Å². The molecule has 0 aliphatic rings. The zero-order chi connectivity index (χ0) is 12.5. The second kappa shape index (κ2) is 8.23. The van der Waals surface area contributed by atoms with E-state index < -0.39 is 0 Å². The molecule has 17 heavy (non-hydrogen) atoms. The molecular weight excluding hydrogens is 214 g/mol. The Bertz CT molecular complexity index is 297. The number of rotatable bonds is 9. The van der Waals surface area contributed by atoms with E-state index in [9.17, 15) is 0 Å². The molecule has 0 atom stereocenters. The summed E-state index contributed by atoms with van der Waals surface area (Å²) in [6, 6.07) is 0. The van der Waals surface area contributed by atoms with E-state index in [1.165, 1.54) is 32.1 Å². The molecule has 0 aromatic carbocycles. The van der Waals surface area contributed by atoms with E-state index in [1.54, 1.807) is 0 Å². The second-order valence-corrected chi connectivity index (χ2v) is 5.07. The average molecular weight is 239 g/mol. The highest BCUT2D eigenvalue weighted by molar-refractivity contribution is 5.03. The molecule has 0 fully saturated rings. The summed E-state index contributed by atoms with van der Waals surface area (Å²) in [5.41, 5.74) is 1.80. The zero-order valence-electron chi connectivity index (χ0n) is 11.3. The first-order chi connectivity index (χ1) is 8.20. The Morgan fingerprint density at radius 1 is 1.12 bits per heavy atom. The Kier molecular flexibility index (Phi) is 6.86. The fourth-order valence-corrected chi connectivity index (χ4v) is 1.77. The van der Waals surface area contributed by atoms with Crippen LogP contribution in [0.15, 0.2) is 4.63 Å². The summed E-state index contributed by atoms with van der Waals surface area (Å²) in [7, 11) is 0. The molecule has 1 heterocycles. The molecule has 4 heteroatoms. The Balaban J connectivity index is 1.90. The summed E-state index contributed by atoms with van der Waals surface area (Å²) in [5, 5.41) is 10.9. The lowest BCUT2D eigenvalue weighted by atomic mass is 10.0. The molecular formula is C13H25N3O. The number of nitrogens with one attached hydrogen (secondary N) is 1. The molecule has 98 valence electrons. The van der Waals surface area contributed by atoms with Gasteiger partial charge in [-0.05, 0) is 25.8 Å². The van der Waals surface area contributed by atoms with E-state index in [0.717, 1.165) is 30.4 Å². The molecule has 0 saturated heterocycles. The van der Waals surface area contributed by atoms with E-state index in [1.807, 2.05) is 6.92 Å². The number of aryl methyl sites for hydroxylation is 1. The number of hydrogen-bond donors (Lipinski definition) is 1. The number of unbranched alkanes of at least 4 members (excludes halogenated alkanes) is 3. The van der Waals surface area contributed by atoms with Gasteiger partial charge in [0.1, 0.15) is 11.4 Å². The second-order valence-electron chi connectivity index (χ2n) is 5.07. The van der Waals surface area contributed by atoms with Crippen molar-refractivity contribution in [2.45, 2.75) is 59.4 Å². The van der Waals surface area contributed by atoms with Crippen LogP contribution in [0, 0.1) is 12.8 Å². The van der Waals surface area contributed by atoms with Crippen LogP contribution in [0.4, 0.5) is 0 Å². The molecule has 1 aromatic heterocycles. The van der Waals surface area contributed by atoms with E-state index in [4.69, 9.17) is 0 Å². The van der Waals surface area contributed by atoms with Gasteiger partial charge in [0.2, 0.25) is 0 Å². The molecule has 1 rings (SSSR count). The molecule has 4 nitrogen and oxygen atoms in total. The summed E-state index contributed by atoms with van der Waals surface area (Å²) in [6.07, 6.45) is 6.63. The summed E-state index contributed by atoms with van der Waals surface area (Å²) in [6.45, 7) is 8.31. The van der Waals surface area contributed by atoms with Crippen LogP contribution >= 0.6 is 0 Å². The van der Waals surface area contributed by atoms with E-state index in [2.05, 4.69) is 34.1 Å². The molecule has 1 aromatic rings. The Labute approximate surface area is 104 Å². The Morgan fingerprint density at radius 3 is 2.53 bits per heavy atom. The third-order valence-electron chi connectivity index (χ3n) is 2.92. The number of nitrogens with zero attached hydrogens (tertiary/aromatic N) is 2. The monoisotopic (exact) mass is 239 g/mol. The van der Waals surface area contributed by atoms with Crippen molar-refractivity contribution in [1.29, 1.82) is 0 Å². The first kappa shape index (κ1) is 14.2. The number of hydrogen-bond acceptors (Lipinski definition) is 4. The topological polar surface area (TPSA) is 51.0 Å². The first-order valence-electron chi connectivity index (χ1n) is 6.69. The minimum atomic E-state index is 0.765. The highest BCUT2D eigenvalue weighted by Crippen LogP contribution is 2.09. The largest absolute Gasteiger partial charge is 0.311 e. The smallest absolute Gasteiger partial charge is 0.121 e. The van der Waals surface area contributed by atoms with Crippen LogP contribution in [0.2, 0.25) is 0 Å². The third-order valence-corrected chi connectivity index (χ3v) is 2.92. The van der Waals surface area contributed by atoms with Gasteiger partial charge in [-0.2, -0.15) is 0 Å². The van der Waals surface area contributed by atoms with Crippen molar-refractivity contribution < 1.29 is 4.63 Å². The van der Waals surface area contributed by atoms with Crippen molar-refractivity contribution in [1.82, 2.24) is 15.6 Å². The molecule has 0 saturated carbocycles. The van der Waals surface area contributed by atoms with E-state index in [-0.39, 0.29) is 0 Å². The van der Waals surface area contributed by atoms with Crippen LogP contribution in [0.3, 0.4) is 0 Å². The van der Waals surface area contributed by atoms with Gasteiger partial charge in [0.25, 0.3) is 0 Å². The highest BCUT2D eigenvalue weighted by Gasteiger charge is 2.03. The van der Waals surface area contributed by atoms with Gasteiger partial charge in [-0.1, -0.05) is 49.8 Å². The summed E-state index contributed by atoms with van der Waals surface area (Å²) >= 11 is 0. The van der Waals surface area contributed by atoms with Gasteiger partial charge in [0.05, 0.1) is 0 Å². The fraction of sp³-hybridized carbons (Fsp3) is 0.846. The summed E-state index contributed by atoms with van der Waals surface area (Å²) < 4.78 is 4.64. The van der Waals surface area contributed by atoms with Crippen molar-refractivity contribution in [3.8, 4) is 0 Å². The van der Waals surface area contributed by atoms with E-state index in [0.29, 0.717) is 0 Å². The van der Waals surface area contributed by atoms with Crippen molar-refractivity contribution >= 4 is 0 Å². The Morgan fingerprint density at radius 2 is 1.88 bits per heavy atom. The molecule has 0 amide bonds. The molecule has 0 bridgehead atoms. The fourth-order valence-electron chi connectivity index (χ4n) is 1.77. The van der Waals surface area contributed by atoms with Crippen LogP contribution < -0.4 is 5.32 Å². The van der Waals surface area contributed by atoms with Crippen LogP contribution in [-0.4, -0.2) is 16.9 Å². The van der Waals surface area contributed by atoms with Crippen molar-refractivity contribution in [3.63, 3.8) is 0 Å². The predicted octanol–water partition coefficient (Wildman–Crippen LogP) is 3.07. The van der Waals surface area contributed by atoms with Gasteiger partial charge in [-0.3, -0.25) is 0 Å². The zero-order valence-corrected chi connectivity index (χ0v) is 11.3. The molecule has 0 radical (unpaired) electrons. The lowest BCUT2D eigenvalue weighted by Crippen LogP contribution is -2.15. The molecule has 0 aliphatic heterocycles. The van der Waals surface area contributed by atoms with E-state index >= 15 is 0 Å². The lowest BCUT2D eigenvalue weighted by molar-refractivity contribution is 0.300. The first-order valence-corrected chi connectivity index (χ1v) is 6.69. The maximum Gasteiger partial charge on any atom is 0.121 e. The summed E-state index contributed by atoms with van der Waals surface area (Å²) in [4.78, 5) is 0. The van der Waals surface area contributed by atoms with Gasteiger partial charge >= 0.3 is 0 Å². The van der Waals surface area contributed by atoms with Crippen molar-refractivity contribution in [2.75, 3.05) is 6.54 Å². The van der Waals surface area contributed by atoms with Gasteiger partial charge in [0, 0.05) is 6.54 Å². The van der Waals surface area contributed by atoms with Crippen molar-refractivity contribution in [2.24, 2.45) is 5.92 Å². The van der Waals surface area contributed by atoms with Gasteiger partial charge in [-0.15, -0.1) is 0 Å². The standard InChI is InChI=1S/C13H25N3O/c1-11(2)8-6-4-5-7-9-14-10-13-12(3)15-17-16-13/h11,14H,4-10H2,1-3H3. The maximum absolute atomic E-state index is 4.64. The van der Waals surface area contributed by atoms with Crippen molar-refractivity contribution in [3.05, 3.63) is 11.4 Å². The SMILES string of the molecule is Cc1nonc1CNCCCCCCC(C)C. The molecule has 1 N–H and O–H groups in total.